The fourth-order valence-corrected chi connectivity index (χ4v) is 7.49. The van der Waals surface area contributed by atoms with E-state index in [1.807, 2.05) is 82.4 Å². The molecule has 0 aliphatic carbocycles. The van der Waals surface area contributed by atoms with Gasteiger partial charge in [-0.2, -0.15) is 0 Å². The van der Waals surface area contributed by atoms with Crippen LogP contribution in [0.4, 0.5) is 0 Å². The van der Waals surface area contributed by atoms with E-state index in [2.05, 4.69) is 0 Å². The van der Waals surface area contributed by atoms with Crippen LogP contribution in [0.1, 0.15) is 29.7 Å². The zero-order chi connectivity index (χ0) is 34.8. The maximum absolute atomic E-state index is 14.5. The van der Waals surface area contributed by atoms with Gasteiger partial charge in [-0.1, -0.05) is 65.9 Å². The van der Waals surface area contributed by atoms with Gasteiger partial charge in [0.05, 0.1) is 55.9 Å². The number of carbonyl (C=O) groups is 2. The Morgan fingerprint density at radius 3 is 2.46 bits per heavy atom. The molecule has 50 heavy (non-hydrogen) atoms. The highest BCUT2D eigenvalue weighted by atomic mass is 32.1. The molecule has 2 aliphatic rings. The van der Waals surface area contributed by atoms with Gasteiger partial charge in [-0.3, -0.25) is 14.2 Å². The van der Waals surface area contributed by atoms with Crippen LogP contribution in [0.5, 0.6) is 11.5 Å². The topological polar surface area (TPSA) is 114 Å². The number of morpholine rings is 1. The van der Waals surface area contributed by atoms with Crippen LogP contribution < -0.4 is 24.4 Å². The number of hydrogen-bond donors (Lipinski definition) is 0. The van der Waals surface area contributed by atoms with Crippen molar-refractivity contribution in [3.63, 3.8) is 0 Å². The summed E-state index contributed by atoms with van der Waals surface area (Å²) in [5.74, 6) is 0.400. The molecule has 3 aromatic carbocycles. The van der Waals surface area contributed by atoms with Gasteiger partial charge in [0.1, 0.15) is 6.54 Å². The smallest absolute Gasteiger partial charge is 0.338 e. The van der Waals surface area contributed by atoms with E-state index >= 15 is 0 Å². The number of nitrogens with zero attached hydrogens (tertiary/aromatic N) is 4. The summed E-state index contributed by atoms with van der Waals surface area (Å²) in [5.41, 5.74) is 3.36. The number of benzene rings is 3. The minimum atomic E-state index is -0.880. The number of carbonyl (C=O) groups excluding carboxylic acids is 2. The van der Waals surface area contributed by atoms with Gasteiger partial charge in [-0.25, -0.2) is 9.79 Å². The summed E-state index contributed by atoms with van der Waals surface area (Å²) in [5, 5.41) is 0.904. The number of aromatic nitrogens is 2. The van der Waals surface area contributed by atoms with Gasteiger partial charge in [-0.05, 0) is 36.8 Å². The van der Waals surface area contributed by atoms with E-state index in [9.17, 15) is 14.4 Å². The second-order valence-corrected chi connectivity index (χ2v) is 12.8. The summed E-state index contributed by atoms with van der Waals surface area (Å²) in [6.07, 6.45) is 3.75. The summed E-state index contributed by atoms with van der Waals surface area (Å²) in [6.45, 7) is 4.23. The predicted molar refractivity (Wildman–Crippen MR) is 190 cm³/mol. The molecule has 7 rings (SSSR count). The SMILES string of the molecule is CCOC(=O)C1=C(c2ccccc2)N=c2s/c(=C/c3cn(CC(=O)N4CCOCC4)c4ccccc34)c(=O)n2[C@H]1c1ccc(OC)c(OC)c1. The molecule has 256 valence electrons. The third-order valence-electron chi connectivity index (χ3n) is 8.87. The van der Waals surface area contributed by atoms with E-state index in [1.165, 1.54) is 18.4 Å². The minimum absolute atomic E-state index is 0.00910. The summed E-state index contributed by atoms with van der Waals surface area (Å²) in [7, 11) is 3.09. The molecular weight excluding hydrogens is 657 g/mol. The van der Waals surface area contributed by atoms with Gasteiger partial charge >= 0.3 is 5.97 Å². The Morgan fingerprint density at radius 2 is 1.72 bits per heavy atom. The monoisotopic (exact) mass is 692 g/mol. The standard InChI is InChI=1S/C38H36N4O7S/c1-4-49-37(45)33-34(24-10-6-5-7-11-24)39-38-42(35(33)25-14-15-29(46-2)30(20-25)47-3)36(44)31(50-38)21-26-22-41(28-13-9-8-12-27(26)28)23-32(43)40-16-18-48-19-17-40/h5-15,20-22,35H,4,16-19,23H2,1-3H3/b31-21+/t35-/m0/s1. The number of fused-ring (bicyclic) bond motifs is 2. The summed E-state index contributed by atoms with van der Waals surface area (Å²) >= 11 is 1.24. The minimum Gasteiger partial charge on any atom is -0.493 e. The molecule has 1 atom stereocenters. The molecule has 1 saturated heterocycles. The van der Waals surface area contributed by atoms with Crippen LogP contribution in [-0.4, -0.2) is 73.0 Å². The Morgan fingerprint density at radius 1 is 0.980 bits per heavy atom. The molecule has 0 N–H and O–H groups in total. The lowest BCUT2D eigenvalue weighted by atomic mass is 9.93. The number of amides is 1. The molecular formula is C38H36N4O7S. The van der Waals surface area contributed by atoms with E-state index in [4.69, 9.17) is 23.9 Å². The molecule has 1 amide bonds. The van der Waals surface area contributed by atoms with Crippen molar-refractivity contribution in [2.45, 2.75) is 19.5 Å². The lowest BCUT2D eigenvalue weighted by Gasteiger charge is -2.27. The van der Waals surface area contributed by atoms with Gasteiger partial charge in [-0.15, -0.1) is 0 Å². The molecule has 2 aromatic heterocycles. The third-order valence-corrected chi connectivity index (χ3v) is 9.86. The summed E-state index contributed by atoms with van der Waals surface area (Å²) < 4.78 is 26.0. The fourth-order valence-electron chi connectivity index (χ4n) is 6.50. The van der Waals surface area contributed by atoms with E-state index in [1.54, 1.807) is 30.7 Å². The van der Waals surface area contributed by atoms with E-state index < -0.39 is 12.0 Å². The lowest BCUT2D eigenvalue weighted by Crippen LogP contribution is -2.42. The van der Waals surface area contributed by atoms with Crippen molar-refractivity contribution in [2.24, 2.45) is 4.99 Å². The molecule has 12 heteroatoms. The highest BCUT2D eigenvalue weighted by Crippen LogP contribution is 2.38. The van der Waals surface area contributed by atoms with Crippen molar-refractivity contribution in [3.05, 3.63) is 121 Å². The number of para-hydroxylation sites is 1. The molecule has 0 bridgehead atoms. The fraction of sp³-hybridized carbons (Fsp3) is 0.263. The average Bonchev–Trinajstić information content (AvgIpc) is 3.66. The van der Waals surface area contributed by atoms with Crippen LogP contribution in [0.3, 0.4) is 0 Å². The summed E-state index contributed by atoms with van der Waals surface area (Å²) in [4.78, 5) is 48.8. The Balaban J connectivity index is 1.42. The largest absolute Gasteiger partial charge is 0.493 e. The lowest BCUT2D eigenvalue weighted by molar-refractivity contribution is -0.139. The Hall–Kier alpha value is -5.46. The van der Waals surface area contributed by atoms with Crippen LogP contribution in [0, 0.1) is 0 Å². The number of methoxy groups -OCH3 is 2. The Kier molecular flexibility index (Phi) is 9.38. The molecule has 11 nitrogen and oxygen atoms in total. The highest BCUT2D eigenvalue weighted by molar-refractivity contribution is 7.07. The van der Waals surface area contributed by atoms with Gasteiger partial charge in [0, 0.05) is 41.3 Å². The molecule has 5 aromatic rings. The maximum Gasteiger partial charge on any atom is 0.338 e. The number of esters is 1. The van der Waals surface area contributed by atoms with Crippen molar-refractivity contribution < 1.29 is 28.5 Å². The second-order valence-electron chi connectivity index (χ2n) is 11.8. The normalized spacial score (nSPS) is 16.3. The molecule has 0 radical (unpaired) electrons. The first-order chi connectivity index (χ1) is 24.4. The first-order valence-corrected chi connectivity index (χ1v) is 17.2. The predicted octanol–water partition coefficient (Wildman–Crippen LogP) is 3.77. The number of thiazole rings is 1. The zero-order valence-electron chi connectivity index (χ0n) is 28.0. The second kappa shape index (κ2) is 14.2. The first kappa shape index (κ1) is 33.1. The van der Waals surface area contributed by atoms with Crippen LogP contribution >= 0.6 is 11.3 Å². The number of ether oxygens (including phenoxy) is 4. The molecule has 2 aliphatic heterocycles. The van der Waals surface area contributed by atoms with E-state index in [0.717, 1.165) is 16.5 Å². The maximum atomic E-state index is 14.5. The quantitative estimate of drug-likeness (QED) is 0.216. The average molecular weight is 693 g/mol. The number of rotatable bonds is 9. The van der Waals surface area contributed by atoms with E-state index in [0.29, 0.717) is 64.0 Å². The summed E-state index contributed by atoms with van der Waals surface area (Å²) in [6, 6.07) is 21.7. The van der Waals surface area contributed by atoms with Crippen molar-refractivity contribution in [3.8, 4) is 11.5 Å². The highest BCUT2D eigenvalue weighted by Gasteiger charge is 2.35. The third kappa shape index (κ3) is 6.12. The zero-order valence-corrected chi connectivity index (χ0v) is 28.8. The molecule has 0 saturated carbocycles. The van der Waals surface area contributed by atoms with E-state index in [-0.39, 0.29) is 30.2 Å². The molecule has 4 heterocycles. The van der Waals surface area contributed by atoms with Crippen LogP contribution in [0.25, 0.3) is 22.7 Å². The van der Waals surface area contributed by atoms with Crippen molar-refractivity contribution >= 4 is 45.9 Å². The molecule has 1 fully saturated rings. The Bertz CT molecular complexity index is 2300. The van der Waals surface area contributed by atoms with Crippen molar-refractivity contribution in [2.75, 3.05) is 47.1 Å². The van der Waals surface area contributed by atoms with Crippen LogP contribution in [0.2, 0.25) is 0 Å². The van der Waals surface area contributed by atoms with Gasteiger partial charge < -0.3 is 28.4 Å². The van der Waals surface area contributed by atoms with Crippen molar-refractivity contribution in [1.29, 1.82) is 0 Å². The first-order valence-electron chi connectivity index (χ1n) is 16.4. The van der Waals surface area contributed by atoms with Crippen molar-refractivity contribution in [1.82, 2.24) is 14.0 Å². The van der Waals surface area contributed by atoms with Crippen LogP contribution in [-0.2, 0) is 25.6 Å². The Labute approximate surface area is 291 Å². The van der Waals surface area contributed by atoms with Gasteiger partial charge in [0.25, 0.3) is 5.56 Å². The van der Waals surface area contributed by atoms with Gasteiger partial charge in [0.15, 0.2) is 16.3 Å². The van der Waals surface area contributed by atoms with Gasteiger partial charge in [0.2, 0.25) is 5.91 Å². The molecule has 0 unspecified atom stereocenters. The molecule has 0 spiro atoms. The van der Waals surface area contributed by atoms with Crippen LogP contribution in [0.15, 0.2) is 94.4 Å². The number of hydrogen-bond acceptors (Lipinski definition) is 9.